The lowest BCUT2D eigenvalue weighted by atomic mass is 9.76. The Bertz CT molecular complexity index is 3630. The third-order valence-corrected chi connectivity index (χ3v) is 20.6. The van der Waals surface area contributed by atoms with Gasteiger partial charge in [0.25, 0.3) is 0 Å². The van der Waals surface area contributed by atoms with Crippen molar-refractivity contribution in [2.24, 2.45) is 9.98 Å². The van der Waals surface area contributed by atoms with Crippen molar-refractivity contribution in [3.05, 3.63) is 161 Å². The Hall–Kier alpha value is -5.82. The van der Waals surface area contributed by atoms with E-state index < -0.39 is 70.7 Å². The number of nitrogens with zero attached hydrogens (tertiary/aromatic N) is 2. The van der Waals surface area contributed by atoms with Gasteiger partial charge in [0.2, 0.25) is 0 Å². The normalized spacial score (nSPS) is 21.5. The smallest absolute Gasteiger partial charge is 0.287 e. The van der Waals surface area contributed by atoms with E-state index in [4.69, 9.17) is 9.98 Å². The molecule has 0 radical (unpaired) electrons. The zero-order chi connectivity index (χ0) is 57.2. The van der Waals surface area contributed by atoms with Gasteiger partial charge in [-0.05, 0) is 122 Å². The van der Waals surface area contributed by atoms with Gasteiger partial charge in [0.05, 0.1) is 12.1 Å². The maximum Gasteiger partial charge on any atom is 0.376 e. The van der Waals surface area contributed by atoms with Crippen LogP contribution in [0.2, 0.25) is 0 Å². The van der Waals surface area contributed by atoms with Crippen LogP contribution in [0.1, 0.15) is 103 Å². The van der Waals surface area contributed by atoms with Gasteiger partial charge in [-0.2, -0.15) is 52.7 Å². The molecule has 0 spiro atoms. The summed E-state index contributed by atoms with van der Waals surface area (Å²) in [5.74, 6) is -31.7. The first-order chi connectivity index (χ1) is 37.7. The third-order valence-electron chi connectivity index (χ3n) is 15.9. The molecule has 0 saturated heterocycles. The fraction of sp³-hybridized carbons (Fsp3) is 0.323. The highest BCUT2D eigenvalue weighted by molar-refractivity contribution is 7.20. The SMILES string of the molecule is Cc1sc(-c2ccc(C=N[C@@H]3CCCC[C@H]3N=Cc3ccc(-c4sc(C)c(C5=C(c6c(C)sc7ccccc67)C(F)(F)C(F)(F)C(F)(F)C5)c4C)cc3)cc2)c(C)c1C1=C(c2c(C)sc3ccccc23)C(F)(F)C(F)(F)C(F)(F)C1. The lowest BCUT2D eigenvalue weighted by molar-refractivity contribution is -0.289. The third kappa shape index (κ3) is 8.86. The number of halogens is 12. The van der Waals surface area contributed by atoms with Crippen LogP contribution in [-0.4, -0.2) is 60.0 Å². The van der Waals surface area contributed by atoms with Gasteiger partial charge >= 0.3 is 35.5 Å². The summed E-state index contributed by atoms with van der Waals surface area (Å²) in [5.41, 5.74) is 0.585. The lowest BCUT2D eigenvalue weighted by Crippen LogP contribution is -2.57. The van der Waals surface area contributed by atoms with Crippen molar-refractivity contribution in [2.75, 3.05) is 0 Å². The van der Waals surface area contributed by atoms with Crippen LogP contribution < -0.4 is 0 Å². The number of alkyl halides is 12. The van der Waals surface area contributed by atoms with Crippen molar-refractivity contribution in [1.29, 1.82) is 0 Å². The molecule has 0 amide bonds. The summed E-state index contributed by atoms with van der Waals surface area (Å²) in [6, 6.07) is 27.4. The van der Waals surface area contributed by atoms with Gasteiger partial charge in [0.1, 0.15) is 0 Å². The molecule has 2 nitrogen and oxygen atoms in total. The molecular weight excluding hydrogens is 1130 g/mol. The van der Waals surface area contributed by atoms with Crippen molar-refractivity contribution >= 4 is 100 Å². The van der Waals surface area contributed by atoms with E-state index in [0.29, 0.717) is 71.7 Å². The molecule has 0 unspecified atom stereocenters. The van der Waals surface area contributed by atoms with E-state index in [1.54, 1.807) is 88.7 Å². The minimum Gasteiger partial charge on any atom is -0.287 e. The summed E-state index contributed by atoms with van der Waals surface area (Å²) in [6.45, 7) is 9.62. The van der Waals surface area contributed by atoms with Crippen LogP contribution in [0.5, 0.6) is 0 Å². The first-order valence-electron chi connectivity index (χ1n) is 25.9. The summed E-state index contributed by atoms with van der Waals surface area (Å²) in [4.78, 5) is 12.7. The van der Waals surface area contributed by atoms with Crippen molar-refractivity contribution in [1.82, 2.24) is 0 Å². The second-order valence-corrected chi connectivity index (χ2v) is 26.0. The quantitative estimate of drug-likeness (QED) is 0.0963. The first-order valence-corrected chi connectivity index (χ1v) is 29.1. The average molecular weight is 1180 g/mol. The van der Waals surface area contributed by atoms with E-state index in [1.165, 1.54) is 36.5 Å². The molecule has 416 valence electrons. The maximum absolute atomic E-state index is 16.2. The molecule has 4 aromatic carbocycles. The molecule has 2 atom stereocenters. The summed E-state index contributed by atoms with van der Waals surface area (Å²) < 4.78 is 189. The van der Waals surface area contributed by atoms with E-state index in [-0.39, 0.29) is 34.3 Å². The van der Waals surface area contributed by atoms with Crippen LogP contribution in [-0.2, 0) is 0 Å². The van der Waals surface area contributed by atoms with Gasteiger partial charge in [0.15, 0.2) is 0 Å². The van der Waals surface area contributed by atoms with Gasteiger partial charge in [-0.15, -0.1) is 45.3 Å². The Morgan fingerprint density at radius 2 is 0.762 bits per heavy atom. The van der Waals surface area contributed by atoms with Crippen molar-refractivity contribution in [2.45, 2.75) is 128 Å². The number of allylic oxidation sites excluding steroid dienone is 4. The van der Waals surface area contributed by atoms with Crippen LogP contribution in [0.15, 0.2) is 107 Å². The minimum absolute atomic E-state index is 0.115. The molecule has 0 bridgehead atoms. The number of thiophene rings is 4. The lowest BCUT2D eigenvalue weighted by Gasteiger charge is -2.40. The standard InChI is InChI=1S/C62H50F12N2S4/c1-31-49(43-27-57(63,64)61(71,72)59(67,68)53(43)51-35(5)77-47-17-11-7-13-41(47)51)33(3)79-55(31)39-23-19-37(20-24-39)29-75-45-15-9-10-16-46(45)76-30-38-21-25-40(26-22-38)56-32(2)50(34(4)80-56)44-28-58(65,66)62(73,74)60(69,70)54(44)52-36(6)78-48-18-12-8-14-42(48)52/h7-8,11-14,17-26,29-30,45-46H,9-10,15-16,27-28H2,1-6H3/t45-,46-/m1/s1. The Kier molecular flexibility index (Phi) is 14.0. The molecule has 18 heteroatoms. The van der Waals surface area contributed by atoms with Crippen molar-refractivity contribution in [3.8, 4) is 20.9 Å². The number of aliphatic imine (C=N–C) groups is 2. The van der Waals surface area contributed by atoms with E-state index >= 15 is 52.7 Å². The number of aryl methyl sites for hydroxylation is 4. The first kappa shape index (κ1) is 56.1. The van der Waals surface area contributed by atoms with E-state index in [9.17, 15) is 0 Å². The zero-order valence-electron chi connectivity index (χ0n) is 43.9. The Morgan fingerprint density at radius 3 is 1.12 bits per heavy atom. The summed E-state index contributed by atoms with van der Waals surface area (Å²) in [6.07, 6.45) is 3.84. The van der Waals surface area contributed by atoms with Crippen LogP contribution in [0.25, 0.3) is 63.3 Å². The number of rotatable bonds is 10. The summed E-state index contributed by atoms with van der Waals surface area (Å²) >= 11 is 4.73. The van der Waals surface area contributed by atoms with E-state index in [2.05, 4.69) is 0 Å². The fourth-order valence-electron chi connectivity index (χ4n) is 12.0. The molecule has 4 aromatic heterocycles. The van der Waals surface area contributed by atoms with Crippen molar-refractivity contribution in [3.63, 3.8) is 0 Å². The van der Waals surface area contributed by atoms with Gasteiger partial charge in [-0.3, -0.25) is 9.98 Å². The van der Waals surface area contributed by atoms with Crippen molar-refractivity contribution < 1.29 is 52.7 Å². The molecule has 3 aliphatic carbocycles. The Labute approximate surface area is 470 Å². The molecule has 1 fully saturated rings. The topological polar surface area (TPSA) is 24.7 Å². The van der Waals surface area contributed by atoms with Crippen LogP contribution >= 0.6 is 45.3 Å². The molecule has 0 N–H and O–H groups in total. The minimum atomic E-state index is -5.64. The molecule has 4 heterocycles. The number of fused-ring (bicyclic) bond motifs is 2. The predicted octanol–water partition coefficient (Wildman–Crippen LogP) is 20.7. The molecule has 0 aliphatic heterocycles. The highest BCUT2D eigenvalue weighted by Gasteiger charge is 2.77. The van der Waals surface area contributed by atoms with Gasteiger partial charge < -0.3 is 0 Å². The summed E-state index contributed by atoms with van der Waals surface area (Å²) in [7, 11) is 0. The van der Waals surface area contributed by atoms with E-state index in [0.717, 1.165) is 59.5 Å². The van der Waals surface area contributed by atoms with Crippen LogP contribution in [0.3, 0.4) is 0 Å². The molecule has 1 saturated carbocycles. The Morgan fingerprint density at radius 1 is 0.425 bits per heavy atom. The largest absolute Gasteiger partial charge is 0.376 e. The zero-order valence-corrected chi connectivity index (χ0v) is 47.1. The molecular formula is C62H50F12N2S4. The predicted molar refractivity (Wildman–Crippen MR) is 305 cm³/mol. The monoisotopic (exact) mass is 1180 g/mol. The number of benzene rings is 4. The second-order valence-electron chi connectivity index (χ2n) is 21.0. The van der Waals surface area contributed by atoms with Gasteiger partial charge in [-0.1, -0.05) is 97.8 Å². The fourth-order valence-corrected chi connectivity index (χ4v) is 16.5. The van der Waals surface area contributed by atoms with Gasteiger partial charge in [0, 0.05) is 97.0 Å². The highest BCUT2D eigenvalue weighted by Crippen LogP contribution is 2.65. The highest BCUT2D eigenvalue weighted by atomic mass is 32.1. The van der Waals surface area contributed by atoms with E-state index in [1.807, 2.05) is 48.5 Å². The number of hydrogen-bond acceptors (Lipinski definition) is 6. The average Bonchev–Trinajstić information content (AvgIpc) is 4.27. The maximum atomic E-state index is 16.2. The van der Waals surface area contributed by atoms with Crippen LogP contribution in [0.4, 0.5) is 52.7 Å². The number of hydrogen-bond donors (Lipinski definition) is 0. The molecule has 11 rings (SSSR count). The second kappa shape index (κ2) is 20.0. The van der Waals surface area contributed by atoms with Crippen LogP contribution in [0, 0.1) is 41.5 Å². The summed E-state index contributed by atoms with van der Waals surface area (Å²) in [5, 5.41) is 0.596. The molecule has 80 heavy (non-hydrogen) atoms. The molecule has 3 aliphatic rings. The van der Waals surface area contributed by atoms with Gasteiger partial charge in [-0.25, -0.2) is 0 Å². The molecule has 8 aromatic rings. The Balaban J connectivity index is 0.836.